The van der Waals surface area contributed by atoms with Gasteiger partial charge in [0, 0.05) is 17.1 Å². The molecule has 1 amide bonds. The van der Waals surface area contributed by atoms with E-state index in [9.17, 15) is 4.79 Å². The van der Waals surface area contributed by atoms with Crippen molar-refractivity contribution in [3.05, 3.63) is 104 Å². The van der Waals surface area contributed by atoms with E-state index in [0.29, 0.717) is 17.5 Å². The van der Waals surface area contributed by atoms with E-state index in [2.05, 4.69) is 22.1 Å². The summed E-state index contributed by atoms with van der Waals surface area (Å²) in [5, 5.41) is 3.94. The molecule has 0 saturated heterocycles. The van der Waals surface area contributed by atoms with E-state index in [1.807, 2.05) is 73.5 Å². The smallest absolute Gasteiger partial charge is 0.233 e. The van der Waals surface area contributed by atoms with Gasteiger partial charge in [-0.1, -0.05) is 48.2 Å². The molecule has 1 fully saturated rings. The molecule has 4 rings (SSSR count). The van der Waals surface area contributed by atoms with Gasteiger partial charge in [-0.25, -0.2) is 0 Å². The molecule has 5 radical (unpaired) electrons. The number of aromatic nitrogens is 1. The zero-order valence-corrected chi connectivity index (χ0v) is 13.9. The van der Waals surface area contributed by atoms with Crippen molar-refractivity contribution in [2.75, 3.05) is 5.32 Å². The molecule has 0 unspecified atom stereocenters. The summed E-state index contributed by atoms with van der Waals surface area (Å²) in [6, 6.07) is 19.3. The van der Waals surface area contributed by atoms with E-state index in [0.717, 1.165) is 16.5 Å². The van der Waals surface area contributed by atoms with E-state index in [1.54, 1.807) is 12.6 Å². The number of amides is 1. The number of fused-ring (bicyclic) bond motifs is 1. The van der Waals surface area contributed by atoms with Gasteiger partial charge in [0.15, 0.2) is 0 Å². The number of pyridine rings is 1. The molecule has 0 spiro atoms. The number of carbonyl (C=O) groups is 1. The topological polar surface area (TPSA) is 42.0 Å². The number of hydrogen-bond donors (Lipinski definition) is 1. The number of anilines is 1. The normalized spacial score (nSPS) is 14.8. The van der Waals surface area contributed by atoms with Gasteiger partial charge in [0.05, 0.1) is 23.0 Å². The molecular weight excluding hydrogens is 320 g/mol. The highest BCUT2D eigenvalue weighted by Gasteiger charge is 2.34. The first kappa shape index (κ1) is 16.4. The van der Waals surface area contributed by atoms with Gasteiger partial charge in [0.2, 0.25) is 5.91 Å². The summed E-state index contributed by atoms with van der Waals surface area (Å²) in [7, 11) is 0. The fraction of sp³-hybridized carbons (Fsp3) is 0. The maximum absolute atomic E-state index is 12.7. The van der Waals surface area contributed by atoms with Crippen LogP contribution in [0.3, 0.4) is 0 Å². The quantitative estimate of drug-likeness (QED) is 0.719. The molecule has 1 saturated carbocycles. The molecule has 1 N–H and O–H groups in total. The lowest BCUT2D eigenvalue weighted by Gasteiger charge is -2.14. The number of carbonyl (C=O) groups excluding carboxylic acids is 1. The summed E-state index contributed by atoms with van der Waals surface area (Å²) < 4.78 is 0. The molecule has 3 heteroatoms. The van der Waals surface area contributed by atoms with Crippen LogP contribution in [0.25, 0.3) is 10.9 Å². The number of rotatable bonds is 2. The highest BCUT2D eigenvalue weighted by molar-refractivity contribution is 6.10. The Kier molecular flexibility index (Phi) is 4.66. The third-order valence-electron chi connectivity index (χ3n) is 4.06. The first-order valence-corrected chi connectivity index (χ1v) is 8.29. The fourth-order valence-corrected chi connectivity index (χ4v) is 2.78. The highest BCUT2D eigenvalue weighted by atomic mass is 16.1. The zero-order valence-electron chi connectivity index (χ0n) is 13.9. The molecule has 1 heterocycles. The Bertz CT molecular complexity index is 980. The van der Waals surface area contributed by atoms with Crippen LogP contribution in [0.4, 0.5) is 5.69 Å². The highest BCUT2D eigenvalue weighted by Crippen LogP contribution is 2.34. The van der Waals surface area contributed by atoms with Crippen LogP contribution in [-0.2, 0) is 4.79 Å². The van der Waals surface area contributed by atoms with Crippen LogP contribution in [0, 0.1) is 42.9 Å². The van der Waals surface area contributed by atoms with Crippen LogP contribution in [0.1, 0.15) is 5.56 Å². The lowest BCUT2D eigenvalue weighted by molar-refractivity contribution is -0.114. The minimum Gasteiger partial charge on any atom is -0.324 e. The number of nitrogens with one attached hydrogen (secondary N) is 1. The summed E-state index contributed by atoms with van der Waals surface area (Å²) in [5.74, 6) is 7.26. The summed E-state index contributed by atoms with van der Waals surface area (Å²) in [6.07, 6.45) is 7.19. The fourth-order valence-electron chi connectivity index (χ4n) is 2.78. The van der Waals surface area contributed by atoms with Crippen molar-refractivity contribution in [2.24, 2.45) is 0 Å². The lowest BCUT2D eigenvalue weighted by atomic mass is 9.95. The number of nitrogens with zero attached hydrogens (tertiary/aromatic N) is 1. The number of benzene rings is 2. The predicted octanol–water partition coefficient (Wildman–Crippen LogP) is 4.00. The Morgan fingerprint density at radius 3 is 2.62 bits per heavy atom. The van der Waals surface area contributed by atoms with Gasteiger partial charge in [0.1, 0.15) is 0 Å². The van der Waals surface area contributed by atoms with Crippen molar-refractivity contribution in [1.82, 2.24) is 4.98 Å². The Morgan fingerprint density at radius 2 is 1.73 bits per heavy atom. The predicted molar refractivity (Wildman–Crippen MR) is 103 cm³/mol. The third kappa shape index (κ3) is 3.45. The second kappa shape index (κ2) is 7.41. The summed E-state index contributed by atoms with van der Waals surface area (Å²) in [6.45, 7) is 0. The number of hydrogen-bond acceptors (Lipinski definition) is 2. The minimum atomic E-state index is -0.189. The third-order valence-corrected chi connectivity index (χ3v) is 4.06. The van der Waals surface area contributed by atoms with Gasteiger partial charge >= 0.3 is 0 Å². The Labute approximate surface area is 153 Å². The van der Waals surface area contributed by atoms with E-state index in [-0.39, 0.29) is 5.91 Å². The molecular formula is C23H15N2O. The van der Waals surface area contributed by atoms with Crippen LogP contribution in [0.15, 0.2) is 66.9 Å². The van der Waals surface area contributed by atoms with E-state index in [1.165, 1.54) is 0 Å². The molecule has 0 bridgehead atoms. The molecule has 3 aromatic rings. The van der Waals surface area contributed by atoms with Crippen molar-refractivity contribution >= 4 is 22.5 Å². The van der Waals surface area contributed by atoms with Crippen LogP contribution < -0.4 is 5.32 Å². The van der Waals surface area contributed by atoms with Gasteiger partial charge in [-0.2, -0.15) is 0 Å². The SMILES string of the molecule is O=C(Nc1cccc2cccnc12)[C]1[CH][CH][CH][C]1C#Cc1ccccc1. The van der Waals surface area contributed by atoms with E-state index < -0.39 is 0 Å². The standard InChI is InChI=1S/C23H15N2O/c26-23(25-21-13-5-10-19-11-6-16-24-22(19)21)20-12-4-9-18(20)15-14-17-7-2-1-3-8-17/h1-13,16H,(H,25,26). The van der Waals surface area contributed by atoms with Gasteiger partial charge < -0.3 is 5.32 Å². The van der Waals surface area contributed by atoms with Gasteiger partial charge in [-0.15, -0.1) is 0 Å². The molecule has 1 aliphatic carbocycles. The number of para-hydroxylation sites is 1. The van der Waals surface area contributed by atoms with Crippen LogP contribution in [-0.4, -0.2) is 10.9 Å². The molecule has 0 atom stereocenters. The molecule has 0 aliphatic heterocycles. The maximum atomic E-state index is 12.7. The van der Waals surface area contributed by atoms with E-state index >= 15 is 0 Å². The van der Waals surface area contributed by atoms with E-state index in [4.69, 9.17) is 0 Å². The lowest BCUT2D eigenvalue weighted by Crippen LogP contribution is -2.23. The van der Waals surface area contributed by atoms with Crippen molar-refractivity contribution in [3.8, 4) is 11.8 Å². The summed E-state index contributed by atoms with van der Waals surface area (Å²) >= 11 is 0. The van der Waals surface area contributed by atoms with Gasteiger partial charge in [-0.05, 0) is 43.5 Å². The zero-order chi connectivity index (χ0) is 17.8. The van der Waals surface area contributed by atoms with Crippen LogP contribution >= 0.6 is 0 Å². The first-order chi connectivity index (χ1) is 12.8. The molecule has 3 nitrogen and oxygen atoms in total. The molecule has 1 aromatic heterocycles. The van der Waals surface area contributed by atoms with Crippen LogP contribution in [0.5, 0.6) is 0 Å². The van der Waals surface area contributed by atoms with Crippen molar-refractivity contribution in [1.29, 1.82) is 0 Å². The monoisotopic (exact) mass is 335 g/mol. The Balaban J connectivity index is 1.53. The minimum absolute atomic E-state index is 0.189. The molecule has 123 valence electrons. The summed E-state index contributed by atoms with van der Waals surface area (Å²) in [5.41, 5.74) is 2.38. The van der Waals surface area contributed by atoms with Crippen molar-refractivity contribution < 1.29 is 4.79 Å². The van der Waals surface area contributed by atoms with Gasteiger partial charge in [0.25, 0.3) is 0 Å². The Hall–Kier alpha value is -3.12. The van der Waals surface area contributed by atoms with Gasteiger partial charge in [-0.3, -0.25) is 9.78 Å². The average Bonchev–Trinajstić information content (AvgIpc) is 3.16. The second-order valence-electron chi connectivity index (χ2n) is 5.80. The average molecular weight is 335 g/mol. The molecule has 2 aromatic carbocycles. The van der Waals surface area contributed by atoms with Crippen molar-refractivity contribution in [2.45, 2.75) is 0 Å². The maximum Gasteiger partial charge on any atom is 0.233 e. The Morgan fingerprint density at radius 1 is 0.885 bits per heavy atom. The molecule has 26 heavy (non-hydrogen) atoms. The summed E-state index contributed by atoms with van der Waals surface area (Å²) in [4.78, 5) is 17.1. The molecule has 1 aliphatic rings. The van der Waals surface area contributed by atoms with Crippen molar-refractivity contribution in [3.63, 3.8) is 0 Å². The first-order valence-electron chi connectivity index (χ1n) is 8.29. The largest absolute Gasteiger partial charge is 0.324 e. The second-order valence-corrected chi connectivity index (χ2v) is 5.80. The van der Waals surface area contributed by atoms with Crippen LogP contribution in [0.2, 0.25) is 0 Å².